The van der Waals surface area contributed by atoms with Gasteiger partial charge >= 0.3 is 11.9 Å². The topological polar surface area (TPSA) is 204 Å². The molecule has 42 heavy (non-hydrogen) atoms. The number of aromatic amines is 1. The first-order valence-electron chi connectivity index (χ1n) is 12.4. The minimum absolute atomic E-state index is 0.0172. The molecule has 6 N–H and O–H groups in total. The van der Waals surface area contributed by atoms with Crippen molar-refractivity contribution in [2.75, 3.05) is 12.4 Å². The van der Waals surface area contributed by atoms with Crippen molar-refractivity contribution in [3.05, 3.63) is 74.8 Å². The van der Waals surface area contributed by atoms with Crippen molar-refractivity contribution in [3.8, 4) is 0 Å². The minimum atomic E-state index is -4.57. The Kier molecular flexibility index (Phi) is 8.88. The number of methoxy groups -OCH3 is 1. The molecule has 2 aliphatic rings. The molecular weight excluding hydrogens is 573 g/mol. The highest BCUT2D eigenvalue weighted by Gasteiger charge is 2.52. The van der Waals surface area contributed by atoms with Gasteiger partial charge in [-0.25, -0.2) is 4.79 Å². The van der Waals surface area contributed by atoms with E-state index < -0.39 is 83.8 Å². The Bertz CT molecular complexity index is 1460. The van der Waals surface area contributed by atoms with E-state index in [9.17, 15) is 42.6 Å². The lowest BCUT2D eigenvalue weighted by atomic mass is 10.00. The maximum Gasteiger partial charge on any atom is 0.416 e. The molecular formula is C25H27F3N4O10. The monoisotopic (exact) mass is 600 g/mol. The van der Waals surface area contributed by atoms with Gasteiger partial charge < -0.3 is 40.2 Å². The molecule has 0 radical (unpaired) electrons. The Balaban J connectivity index is 1.52. The van der Waals surface area contributed by atoms with Crippen LogP contribution in [0.5, 0.6) is 0 Å². The molecule has 0 aliphatic carbocycles. The number of rotatable bonds is 8. The number of aromatic nitrogens is 2. The third kappa shape index (κ3) is 6.39. The fourth-order valence-corrected chi connectivity index (χ4v) is 4.49. The van der Waals surface area contributed by atoms with E-state index in [4.69, 9.17) is 24.7 Å². The lowest BCUT2D eigenvalue weighted by Gasteiger charge is -2.35. The van der Waals surface area contributed by atoms with E-state index in [0.717, 1.165) is 41.1 Å². The van der Waals surface area contributed by atoms with Gasteiger partial charge in [0.2, 0.25) is 12.2 Å². The van der Waals surface area contributed by atoms with Crippen LogP contribution in [0.25, 0.3) is 0 Å². The zero-order valence-corrected chi connectivity index (χ0v) is 22.0. The number of benzene rings is 1. The number of aliphatic hydroxyl groups is 2. The van der Waals surface area contributed by atoms with Crippen LogP contribution in [0.4, 0.5) is 18.9 Å². The van der Waals surface area contributed by atoms with Gasteiger partial charge in [0.1, 0.15) is 24.4 Å². The normalized spacial score (nSPS) is 28.5. The number of nitrogens with two attached hydrogens (primary N) is 1. The molecule has 14 nitrogen and oxygen atoms in total. The molecule has 0 spiro atoms. The molecule has 2 aromatic rings. The van der Waals surface area contributed by atoms with Crippen LogP contribution < -0.4 is 22.3 Å². The van der Waals surface area contributed by atoms with E-state index >= 15 is 0 Å². The van der Waals surface area contributed by atoms with Crippen molar-refractivity contribution in [2.45, 2.75) is 56.1 Å². The van der Waals surface area contributed by atoms with Gasteiger partial charge in [0, 0.05) is 31.0 Å². The summed E-state index contributed by atoms with van der Waals surface area (Å²) in [6.07, 6.45) is -12.9. The number of hydrogen-bond donors (Lipinski definition) is 5. The van der Waals surface area contributed by atoms with Gasteiger partial charge in [0.05, 0.1) is 5.56 Å². The number of alkyl halides is 3. The van der Waals surface area contributed by atoms with Crippen LogP contribution >= 0.6 is 0 Å². The first kappa shape index (κ1) is 30.9. The number of H-pyrrole nitrogens is 1. The quantitative estimate of drug-likeness (QED) is 0.265. The van der Waals surface area contributed by atoms with Crippen LogP contribution in [0.2, 0.25) is 0 Å². The summed E-state index contributed by atoms with van der Waals surface area (Å²) in [4.78, 5) is 51.0. The number of halogens is 3. The second kappa shape index (κ2) is 12.1. The second-order valence-corrected chi connectivity index (χ2v) is 9.55. The molecule has 2 aliphatic heterocycles. The van der Waals surface area contributed by atoms with Crippen molar-refractivity contribution >= 4 is 17.5 Å². The zero-order valence-electron chi connectivity index (χ0n) is 22.0. The Hall–Kier alpha value is -4.03. The number of anilines is 1. The summed E-state index contributed by atoms with van der Waals surface area (Å²) in [6.45, 7) is 1.50. The lowest BCUT2D eigenvalue weighted by Crippen LogP contribution is -2.52. The van der Waals surface area contributed by atoms with Crippen LogP contribution in [0.3, 0.4) is 0 Å². The standard InChI is InChI=1S/C25H27F3N4O10/c1-10-9-13(21(37)30-12-5-3-11(4-6-12)25(26,27)28)40-23(15(10)34)42-19(20(29)36)18-17(39-2)16(35)22(41-18)32-8-7-14(33)31-24(32)38/h3-10,15-19,22-23,34-35H,1-2H3,(H2,29,36)(H,30,37)(H,31,33,38)/t10-,15-,16+,17-,18-,19+,22+,23+/m0/s1. The Morgan fingerprint density at radius 1 is 1.14 bits per heavy atom. The van der Waals surface area contributed by atoms with Crippen LogP contribution in [0.15, 0.2) is 58.0 Å². The van der Waals surface area contributed by atoms with E-state index in [-0.39, 0.29) is 11.4 Å². The predicted octanol–water partition coefficient (Wildman–Crippen LogP) is -0.425. The van der Waals surface area contributed by atoms with Crippen LogP contribution in [-0.2, 0) is 34.7 Å². The van der Waals surface area contributed by atoms with Crippen molar-refractivity contribution in [1.29, 1.82) is 0 Å². The molecule has 228 valence electrons. The molecule has 1 aromatic heterocycles. The maximum absolute atomic E-state index is 12.8. The van der Waals surface area contributed by atoms with E-state index in [1.165, 1.54) is 20.1 Å². The molecule has 1 aromatic carbocycles. The van der Waals surface area contributed by atoms with Crippen molar-refractivity contribution < 1.29 is 51.9 Å². The first-order valence-corrected chi connectivity index (χ1v) is 12.4. The van der Waals surface area contributed by atoms with Gasteiger partial charge in [-0.2, -0.15) is 13.2 Å². The third-order valence-corrected chi connectivity index (χ3v) is 6.67. The van der Waals surface area contributed by atoms with Crippen LogP contribution in [-0.4, -0.2) is 75.5 Å². The maximum atomic E-state index is 12.8. The van der Waals surface area contributed by atoms with E-state index in [1.54, 1.807) is 0 Å². The number of carbonyl (C=O) groups is 2. The van der Waals surface area contributed by atoms with Crippen molar-refractivity contribution in [1.82, 2.24) is 9.55 Å². The molecule has 4 rings (SSSR count). The van der Waals surface area contributed by atoms with E-state index in [1.807, 2.05) is 4.98 Å². The number of nitrogens with one attached hydrogen (secondary N) is 2. The van der Waals surface area contributed by atoms with E-state index in [2.05, 4.69) is 5.32 Å². The van der Waals surface area contributed by atoms with Crippen LogP contribution in [0, 0.1) is 5.92 Å². The predicted molar refractivity (Wildman–Crippen MR) is 134 cm³/mol. The van der Waals surface area contributed by atoms with Gasteiger partial charge in [0.25, 0.3) is 11.5 Å². The number of aliphatic hydroxyl groups excluding tert-OH is 2. The van der Waals surface area contributed by atoms with E-state index in [0.29, 0.717) is 0 Å². The smallest absolute Gasteiger partial charge is 0.416 e. The second-order valence-electron chi connectivity index (χ2n) is 9.55. The number of nitrogens with zero attached hydrogens (tertiary/aromatic N) is 1. The molecule has 1 fully saturated rings. The van der Waals surface area contributed by atoms with Crippen LogP contribution in [0.1, 0.15) is 18.7 Å². The highest BCUT2D eigenvalue weighted by atomic mass is 19.4. The summed E-state index contributed by atoms with van der Waals surface area (Å²) in [5.41, 5.74) is 3.01. The average Bonchev–Trinajstić information content (AvgIpc) is 3.24. The molecule has 8 atom stereocenters. The minimum Gasteiger partial charge on any atom is -0.457 e. The number of hydrogen-bond acceptors (Lipinski definition) is 10. The summed E-state index contributed by atoms with van der Waals surface area (Å²) in [7, 11) is 1.18. The number of ether oxygens (including phenoxy) is 4. The Morgan fingerprint density at radius 2 is 1.81 bits per heavy atom. The SMILES string of the molecule is CO[C@H]1[C@@H](O)[C@H](n2ccc(=O)[nH]c2=O)O[C@@H]1[C@@H](O[C@H]1OC(C(=O)Nc2ccc(C(F)(F)F)cc2)=C[C@H](C)[C@@H]1O)C(N)=O. The fourth-order valence-electron chi connectivity index (χ4n) is 4.49. The largest absolute Gasteiger partial charge is 0.457 e. The Labute approximate surface area is 234 Å². The molecule has 0 bridgehead atoms. The van der Waals surface area contributed by atoms with Gasteiger partial charge in [-0.05, 0) is 30.3 Å². The van der Waals surface area contributed by atoms with Gasteiger partial charge in [0.15, 0.2) is 18.1 Å². The van der Waals surface area contributed by atoms with Crippen molar-refractivity contribution in [3.63, 3.8) is 0 Å². The first-order chi connectivity index (χ1) is 19.7. The number of amides is 2. The highest BCUT2D eigenvalue weighted by molar-refractivity contribution is 6.02. The zero-order chi connectivity index (χ0) is 30.9. The summed E-state index contributed by atoms with van der Waals surface area (Å²) >= 11 is 0. The van der Waals surface area contributed by atoms with Gasteiger partial charge in [-0.1, -0.05) is 6.92 Å². The summed E-state index contributed by atoms with van der Waals surface area (Å²) in [5, 5.41) is 23.9. The summed E-state index contributed by atoms with van der Waals surface area (Å²) in [6, 6.07) is 4.64. The average molecular weight is 601 g/mol. The van der Waals surface area contributed by atoms with Gasteiger partial charge in [-0.15, -0.1) is 0 Å². The molecule has 17 heteroatoms. The molecule has 1 saturated heterocycles. The molecule has 3 heterocycles. The highest BCUT2D eigenvalue weighted by Crippen LogP contribution is 2.35. The third-order valence-electron chi connectivity index (χ3n) is 6.67. The summed E-state index contributed by atoms with van der Waals surface area (Å²) in [5.74, 6) is -3.20. The van der Waals surface area contributed by atoms with Crippen molar-refractivity contribution in [2.24, 2.45) is 11.7 Å². The number of primary amides is 1. The molecule has 0 saturated carbocycles. The molecule has 0 unspecified atom stereocenters. The fraction of sp³-hybridized carbons (Fsp3) is 0.440. The molecule has 2 amide bonds. The van der Waals surface area contributed by atoms with Gasteiger partial charge in [-0.3, -0.25) is 23.9 Å². The Morgan fingerprint density at radius 3 is 2.38 bits per heavy atom. The summed E-state index contributed by atoms with van der Waals surface area (Å²) < 4.78 is 61.5. The number of carbonyl (C=O) groups excluding carboxylic acids is 2. The lowest BCUT2D eigenvalue weighted by molar-refractivity contribution is -0.234.